The minimum atomic E-state index is -0.248. The first-order chi connectivity index (χ1) is 6.88. The standard InChI is InChI=1S/C13H20FN/c1-5-13(3,4)12(15)10-8-9(2)6-7-11(10)14/h6-8,12H,5,15H2,1-4H3. The van der Waals surface area contributed by atoms with Gasteiger partial charge in [-0.2, -0.15) is 0 Å². The highest BCUT2D eigenvalue weighted by atomic mass is 19.1. The van der Waals surface area contributed by atoms with Crippen molar-refractivity contribution in [3.63, 3.8) is 0 Å². The Balaban J connectivity index is 3.10. The van der Waals surface area contributed by atoms with Gasteiger partial charge in [0.05, 0.1) is 0 Å². The molecule has 0 fully saturated rings. The predicted molar refractivity (Wildman–Crippen MR) is 62.1 cm³/mol. The van der Waals surface area contributed by atoms with Crippen LogP contribution in [0.4, 0.5) is 4.39 Å². The van der Waals surface area contributed by atoms with E-state index < -0.39 is 0 Å². The third kappa shape index (κ3) is 2.57. The Bertz CT molecular complexity index is 344. The number of hydrogen-bond acceptors (Lipinski definition) is 1. The van der Waals surface area contributed by atoms with Crippen LogP contribution in [0.1, 0.15) is 44.4 Å². The van der Waals surface area contributed by atoms with Crippen molar-refractivity contribution < 1.29 is 4.39 Å². The summed E-state index contributed by atoms with van der Waals surface area (Å²) < 4.78 is 13.6. The van der Waals surface area contributed by atoms with Crippen LogP contribution in [0.15, 0.2) is 18.2 Å². The zero-order valence-electron chi connectivity index (χ0n) is 9.97. The van der Waals surface area contributed by atoms with Crippen molar-refractivity contribution in [2.24, 2.45) is 11.1 Å². The SMILES string of the molecule is CCC(C)(C)C(N)c1cc(C)ccc1F. The van der Waals surface area contributed by atoms with Gasteiger partial charge in [0.1, 0.15) is 5.82 Å². The molecular weight excluding hydrogens is 189 g/mol. The van der Waals surface area contributed by atoms with E-state index in [1.807, 2.05) is 13.0 Å². The molecule has 0 spiro atoms. The molecule has 0 amide bonds. The predicted octanol–water partition coefficient (Wildman–Crippen LogP) is 3.57. The first-order valence-corrected chi connectivity index (χ1v) is 5.40. The molecule has 0 bridgehead atoms. The van der Waals surface area contributed by atoms with Crippen LogP contribution in [-0.4, -0.2) is 0 Å². The highest BCUT2D eigenvalue weighted by Crippen LogP contribution is 2.35. The van der Waals surface area contributed by atoms with Gasteiger partial charge in [-0.15, -0.1) is 0 Å². The molecule has 0 aliphatic heterocycles. The maximum absolute atomic E-state index is 13.6. The van der Waals surface area contributed by atoms with Crippen molar-refractivity contribution >= 4 is 0 Å². The third-order valence-electron chi connectivity index (χ3n) is 3.24. The van der Waals surface area contributed by atoms with Gasteiger partial charge in [0.2, 0.25) is 0 Å². The Morgan fingerprint density at radius 3 is 2.53 bits per heavy atom. The lowest BCUT2D eigenvalue weighted by molar-refractivity contribution is 0.273. The fourth-order valence-corrected chi connectivity index (χ4v) is 1.54. The molecule has 1 unspecified atom stereocenters. The molecule has 1 atom stereocenters. The molecule has 0 aliphatic rings. The molecule has 0 aromatic heterocycles. The summed E-state index contributed by atoms with van der Waals surface area (Å²) in [5.41, 5.74) is 7.71. The van der Waals surface area contributed by atoms with E-state index >= 15 is 0 Å². The maximum atomic E-state index is 13.6. The Hall–Kier alpha value is -0.890. The molecule has 0 heterocycles. The number of rotatable bonds is 3. The summed E-state index contributed by atoms with van der Waals surface area (Å²) in [5, 5.41) is 0. The van der Waals surface area contributed by atoms with Crippen molar-refractivity contribution in [3.8, 4) is 0 Å². The summed E-state index contributed by atoms with van der Waals surface area (Å²) >= 11 is 0. The van der Waals surface area contributed by atoms with E-state index in [4.69, 9.17) is 5.73 Å². The van der Waals surface area contributed by atoms with Crippen LogP contribution >= 0.6 is 0 Å². The third-order valence-corrected chi connectivity index (χ3v) is 3.24. The fourth-order valence-electron chi connectivity index (χ4n) is 1.54. The summed E-state index contributed by atoms with van der Waals surface area (Å²) in [6, 6.07) is 4.86. The lowest BCUT2D eigenvalue weighted by Crippen LogP contribution is -2.29. The fraction of sp³-hybridized carbons (Fsp3) is 0.538. The van der Waals surface area contributed by atoms with Gasteiger partial charge in [-0.1, -0.05) is 38.5 Å². The number of aryl methyl sites for hydroxylation is 1. The van der Waals surface area contributed by atoms with E-state index in [0.29, 0.717) is 5.56 Å². The largest absolute Gasteiger partial charge is 0.323 e. The smallest absolute Gasteiger partial charge is 0.128 e. The first-order valence-electron chi connectivity index (χ1n) is 5.40. The summed E-state index contributed by atoms with van der Waals surface area (Å²) in [7, 11) is 0. The minimum Gasteiger partial charge on any atom is -0.323 e. The summed E-state index contributed by atoms with van der Waals surface area (Å²) in [6.07, 6.45) is 0.932. The molecule has 1 rings (SSSR count). The van der Waals surface area contributed by atoms with Crippen molar-refractivity contribution in [1.29, 1.82) is 0 Å². The quantitative estimate of drug-likeness (QED) is 0.809. The second-order valence-corrected chi connectivity index (χ2v) is 4.84. The van der Waals surface area contributed by atoms with Crippen molar-refractivity contribution in [2.45, 2.75) is 40.2 Å². The second-order valence-electron chi connectivity index (χ2n) is 4.84. The molecule has 0 aliphatic carbocycles. The lowest BCUT2D eigenvalue weighted by atomic mass is 9.78. The Morgan fingerprint density at radius 2 is 2.00 bits per heavy atom. The molecular formula is C13H20FN. The van der Waals surface area contributed by atoms with Crippen LogP contribution in [0.2, 0.25) is 0 Å². The van der Waals surface area contributed by atoms with E-state index in [0.717, 1.165) is 12.0 Å². The van der Waals surface area contributed by atoms with Crippen LogP contribution in [0, 0.1) is 18.2 Å². The van der Waals surface area contributed by atoms with E-state index in [-0.39, 0.29) is 17.3 Å². The molecule has 0 radical (unpaired) electrons. The average molecular weight is 209 g/mol. The normalized spacial score (nSPS) is 14.0. The van der Waals surface area contributed by atoms with E-state index in [1.54, 1.807) is 6.07 Å². The molecule has 1 nitrogen and oxygen atoms in total. The average Bonchev–Trinajstić information content (AvgIpc) is 2.20. The monoisotopic (exact) mass is 209 g/mol. The van der Waals surface area contributed by atoms with Crippen LogP contribution < -0.4 is 5.73 Å². The van der Waals surface area contributed by atoms with Gasteiger partial charge in [-0.05, 0) is 24.8 Å². The summed E-state index contributed by atoms with van der Waals surface area (Å²) in [6.45, 7) is 8.17. The lowest BCUT2D eigenvalue weighted by Gasteiger charge is -2.31. The maximum Gasteiger partial charge on any atom is 0.128 e. The zero-order chi connectivity index (χ0) is 11.6. The van der Waals surface area contributed by atoms with Gasteiger partial charge in [0.25, 0.3) is 0 Å². The Kier molecular flexibility index (Phi) is 3.50. The van der Waals surface area contributed by atoms with Gasteiger partial charge < -0.3 is 5.73 Å². The van der Waals surface area contributed by atoms with Crippen molar-refractivity contribution in [2.75, 3.05) is 0 Å². The summed E-state index contributed by atoms with van der Waals surface area (Å²) in [5.74, 6) is -0.199. The van der Waals surface area contributed by atoms with Gasteiger partial charge in [-0.25, -0.2) is 4.39 Å². The van der Waals surface area contributed by atoms with Crippen LogP contribution in [0.25, 0.3) is 0 Å². The topological polar surface area (TPSA) is 26.0 Å². The molecule has 1 aromatic rings. The zero-order valence-corrected chi connectivity index (χ0v) is 9.97. The molecule has 84 valence electrons. The highest BCUT2D eigenvalue weighted by molar-refractivity contribution is 5.27. The number of nitrogens with two attached hydrogens (primary N) is 1. The van der Waals surface area contributed by atoms with Gasteiger partial charge in [0.15, 0.2) is 0 Å². The van der Waals surface area contributed by atoms with Gasteiger partial charge in [-0.3, -0.25) is 0 Å². The van der Waals surface area contributed by atoms with Crippen LogP contribution in [0.3, 0.4) is 0 Å². The van der Waals surface area contributed by atoms with Gasteiger partial charge in [0, 0.05) is 11.6 Å². The van der Waals surface area contributed by atoms with E-state index in [1.165, 1.54) is 6.07 Å². The second kappa shape index (κ2) is 4.31. The van der Waals surface area contributed by atoms with Crippen LogP contribution in [-0.2, 0) is 0 Å². The van der Waals surface area contributed by atoms with Crippen molar-refractivity contribution in [3.05, 3.63) is 35.1 Å². The molecule has 2 N–H and O–H groups in total. The van der Waals surface area contributed by atoms with Crippen LogP contribution in [0.5, 0.6) is 0 Å². The Morgan fingerprint density at radius 1 is 1.40 bits per heavy atom. The van der Waals surface area contributed by atoms with E-state index in [2.05, 4.69) is 20.8 Å². The molecule has 0 saturated heterocycles. The number of halogens is 1. The summed E-state index contributed by atoms with van der Waals surface area (Å²) in [4.78, 5) is 0. The molecule has 2 heteroatoms. The minimum absolute atomic E-state index is 0.0748. The molecule has 0 saturated carbocycles. The number of hydrogen-bond donors (Lipinski definition) is 1. The number of benzene rings is 1. The molecule has 1 aromatic carbocycles. The first kappa shape index (κ1) is 12.2. The van der Waals surface area contributed by atoms with Crippen molar-refractivity contribution in [1.82, 2.24) is 0 Å². The van der Waals surface area contributed by atoms with Gasteiger partial charge >= 0.3 is 0 Å². The highest BCUT2D eigenvalue weighted by Gasteiger charge is 2.27. The molecule has 15 heavy (non-hydrogen) atoms. The Labute approximate surface area is 91.5 Å². The van der Waals surface area contributed by atoms with E-state index in [9.17, 15) is 4.39 Å².